The van der Waals surface area contributed by atoms with Gasteiger partial charge in [0.2, 0.25) is 0 Å². The molecule has 0 amide bonds. The van der Waals surface area contributed by atoms with Gasteiger partial charge in [0.15, 0.2) is 0 Å². The van der Waals surface area contributed by atoms with E-state index in [2.05, 4.69) is 43.5 Å². The van der Waals surface area contributed by atoms with Crippen LogP contribution in [0.3, 0.4) is 0 Å². The Bertz CT molecular complexity index is 349. The number of hydrogen-bond donors (Lipinski definition) is 2. The minimum absolute atomic E-state index is 0.460. The summed E-state index contributed by atoms with van der Waals surface area (Å²) in [6, 6.07) is 9.24. The maximum Gasteiger partial charge on any atom is 0.0213 e. The van der Waals surface area contributed by atoms with Crippen LogP contribution < -0.4 is 11.3 Å². The van der Waals surface area contributed by atoms with Gasteiger partial charge in [-0.05, 0) is 31.7 Å². The van der Waals surface area contributed by atoms with Gasteiger partial charge in [0.1, 0.15) is 0 Å². The van der Waals surface area contributed by atoms with Gasteiger partial charge in [0.05, 0.1) is 0 Å². The number of hydrazine groups is 1. The molecule has 0 heterocycles. The third-order valence-corrected chi connectivity index (χ3v) is 4.01. The Balaban J connectivity index is 2.16. The number of rotatable bonds is 11. The molecule has 1 rings (SSSR count). The summed E-state index contributed by atoms with van der Waals surface area (Å²) in [4.78, 5) is 0. The van der Waals surface area contributed by atoms with Crippen LogP contribution in [0, 0.1) is 6.92 Å². The molecule has 0 aromatic heterocycles. The van der Waals surface area contributed by atoms with Crippen molar-refractivity contribution in [1.82, 2.24) is 5.43 Å². The van der Waals surface area contributed by atoms with Gasteiger partial charge in [-0.25, -0.2) is 0 Å². The molecule has 20 heavy (non-hydrogen) atoms. The molecule has 0 saturated heterocycles. The number of benzene rings is 1. The van der Waals surface area contributed by atoms with Gasteiger partial charge in [-0.2, -0.15) is 0 Å². The molecule has 1 aromatic carbocycles. The van der Waals surface area contributed by atoms with Crippen molar-refractivity contribution in [2.24, 2.45) is 5.84 Å². The quantitative estimate of drug-likeness (QED) is 0.354. The highest BCUT2D eigenvalue weighted by atomic mass is 15.2. The second-order valence-corrected chi connectivity index (χ2v) is 5.95. The Morgan fingerprint density at radius 3 is 2.50 bits per heavy atom. The molecule has 3 N–H and O–H groups in total. The van der Waals surface area contributed by atoms with Gasteiger partial charge in [-0.15, -0.1) is 0 Å². The van der Waals surface area contributed by atoms with Crippen molar-refractivity contribution in [2.75, 3.05) is 0 Å². The van der Waals surface area contributed by atoms with Crippen LogP contribution in [0.5, 0.6) is 0 Å². The highest BCUT2D eigenvalue weighted by Crippen LogP contribution is 2.13. The average molecular weight is 276 g/mol. The van der Waals surface area contributed by atoms with Crippen molar-refractivity contribution >= 4 is 0 Å². The van der Waals surface area contributed by atoms with Crippen molar-refractivity contribution in [3.8, 4) is 0 Å². The molecule has 0 fully saturated rings. The maximum atomic E-state index is 5.68. The largest absolute Gasteiger partial charge is 0.271 e. The molecule has 0 aliphatic carbocycles. The van der Waals surface area contributed by atoms with Gasteiger partial charge < -0.3 is 0 Å². The SMILES string of the molecule is CCCCCCCCC(CCc1cccc(C)c1)NN. The van der Waals surface area contributed by atoms with E-state index in [4.69, 9.17) is 5.84 Å². The predicted octanol–water partition coefficient (Wildman–Crippen LogP) is 4.51. The minimum Gasteiger partial charge on any atom is -0.271 e. The summed E-state index contributed by atoms with van der Waals surface area (Å²) in [6.07, 6.45) is 11.6. The molecule has 1 atom stereocenters. The first-order valence-electron chi connectivity index (χ1n) is 8.28. The molecule has 114 valence electrons. The van der Waals surface area contributed by atoms with E-state index >= 15 is 0 Å². The molecule has 1 aromatic rings. The summed E-state index contributed by atoms with van der Waals surface area (Å²) in [6.45, 7) is 4.41. The zero-order chi connectivity index (χ0) is 14.6. The van der Waals surface area contributed by atoms with E-state index in [1.807, 2.05) is 0 Å². The molecule has 0 aliphatic rings. The lowest BCUT2D eigenvalue weighted by Crippen LogP contribution is -2.35. The third-order valence-electron chi connectivity index (χ3n) is 4.01. The fraction of sp³-hybridized carbons (Fsp3) is 0.667. The topological polar surface area (TPSA) is 38.0 Å². The Kier molecular flexibility index (Phi) is 9.35. The van der Waals surface area contributed by atoms with Crippen molar-refractivity contribution < 1.29 is 0 Å². The molecule has 0 radical (unpaired) electrons. The van der Waals surface area contributed by atoms with Crippen molar-refractivity contribution in [3.05, 3.63) is 35.4 Å². The number of nitrogens with two attached hydrogens (primary N) is 1. The lowest BCUT2D eigenvalue weighted by Gasteiger charge is -2.15. The van der Waals surface area contributed by atoms with Crippen LogP contribution in [-0.4, -0.2) is 6.04 Å². The number of unbranched alkanes of at least 4 members (excludes halogenated alkanes) is 5. The van der Waals surface area contributed by atoms with Crippen LogP contribution in [-0.2, 0) is 6.42 Å². The average Bonchev–Trinajstić information content (AvgIpc) is 2.46. The van der Waals surface area contributed by atoms with Crippen LogP contribution in [0.1, 0.15) is 69.4 Å². The van der Waals surface area contributed by atoms with Gasteiger partial charge >= 0.3 is 0 Å². The van der Waals surface area contributed by atoms with Gasteiger partial charge in [0, 0.05) is 6.04 Å². The summed E-state index contributed by atoms with van der Waals surface area (Å²) in [5, 5.41) is 0. The normalized spacial score (nSPS) is 12.6. The number of nitrogens with one attached hydrogen (secondary N) is 1. The van der Waals surface area contributed by atoms with E-state index in [-0.39, 0.29) is 0 Å². The Hall–Kier alpha value is -0.860. The highest BCUT2D eigenvalue weighted by molar-refractivity contribution is 5.22. The highest BCUT2D eigenvalue weighted by Gasteiger charge is 2.06. The number of aryl methyl sites for hydroxylation is 2. The zero-order valence-electron chi connectivity index (χ0n) is 13.3. The Morgan fingerprint density at radius 1 is 1.05 bits per heavy atom. The van der Waals surface area contributed by atoms with Crippen LogP contribution in [0.15, 0.2) is 24.3 Å². The molecule has 1 unspecified atom stereocenters. The van der Waals surface area contributed by atoms with Crippen LogP contribution in [0.4, 0.5) is 0 Å². The summed E-state index contributed by atoms with van der Waals surface area (Å²) >= 11 is 0. The van der Waals surface area contributed by atoms with Crippen molar-refractivity contribution in [1.29, 1.82) is 0 Å². The molecular formula is C18H32N2. The summed E-state index contributed by atoms with van der Waals surface area (Å²) in [5.41, 5.74) is 5.76. The van der Waals surface area contributed by atoms with Crippen molar-refractivity contribution in [3.63, 3.8) is 0 Å². The standard InChI is InChI=1S/C18H32N2/c1-3-4-5-6-7-8-12-18(20-19)14-13-17-11-9-10-16(2)15-17/h9-11,15,18,20H,3-8,12-14,19H2,1-2H3. The minimum atomic E-state index is 0.460. The van der Waals surface area contributed by atoms with E-state index in [9.17, 15) is 0 Å². The molecule has 0 bridgehead atoms. The summed E-state index contributed by atoms with van der Waals surface area (Å²) in [7, 11) is 0. The van der Waals surface area contributed by atoms with Crippen LogP contribution in [0.25, 0.3) is 0 Å². The Labute approximate surface area is 125 Å². The van der Waals surface area contributed by atoms with E-state index in [1.165, 1.54) is 56.1 Å². The molecule has 2 nitrogen and oxygen atoms in total. The van der Waals surface area contributed by atoms with Gasteiger partial charge in [0.25, 0.3) is 0 Å². The third kappa shape index (κ3) is 7.66. The summed E-state index contributed by atoms with van der Waals surface area (Å²) < 4.78 is 0. The number of hydrogen-bond acceptors (Lipinski definition) is 2. The molecular weight excluding hydrogens is 244 g/mol. The first-order valence-corrected chi connectivity index (χ1v) is 8.28. The lowest BCUT2D eigenvalue weighted by atomic mass is 9.99. The molecule has 0 spiro atoms. The van der Waals surface area contributed by atoms with Crippen LogP contribution >= 0.6 is 0 Å². The van der Waals surface area contributed by atoms with Gasteiger partial charge in [-0.3, -0.25) is 11.3 Å². The fourth-order valence-corrected chi connectivity index (χ4v) is 2.69. The fourth-order valence-electron chi connectivity index (χ4n) is 2.69. The molecule has 0 aliphatic heterocycles. The molecule has 2 heteroatoms. The zero-order valence-corrected chi connectivity index (χ0v) is 13.3. The van der Waals surface area contributed by atoms with Gasteiger partial charge in [-0.1, -0.05) is 75.3 Å². The second-order valence-electron chi connectivity index (χ2n) is 5.95. The second kappa shape index (κ2) is 10.9. The maximum absolute atomic E-state index is 5.68. The van der Waals surface area contributed by atoms with E-state index in [1.54, 1.807) is 0 Å². The molecule has 0 saturated carbocycles. The summed E-state index contributed by atoms with van der Waals surface area (Å²) in [5.74, 6) is 5.68. The first-order chi connectivity index (χ1) is 9.76. The van der Waals surface area contributed by atoms with Crippen LogP contribution in [0.2, 0.25) is 0 Å². The smallest absolute Gasteiger partial charge is 0.0213 e. The van der Waals surface area contributed by atoms with E-state index in [0.29, 0.717) is 6.04 Å². The lowest BCUT2D eigenvalue weighted by molar-refractivity contribution is 0.438. The monoisotopic (exact) mass is 276 g/mol. The van der Waals surface area contributed by atoms with Crippen molar-refractivity contribution in [2.45, 2.75) is 77.7 Å². The predicted molar refractivity (Wildman–Crippen MR) is 88.6 cm³/mol. The Morgan fingerprint density at radius 2 is 1.80 bits per heavy atom. The first kappa shape index (κ1) is 17.2. The van der Waals surface area contributed by atoms with E-state index in [0.717, 1.165) is 12.8 Å². The van der Waals surface area contributed by atoms with E-state index < -0.39 is 0 Å².